The van der Waals surface area contributed by atoms with Crippen molar-refractivity contribution >= 4 is 19.7 Å². The van der Waals surface area contributed by atoms with Crippen LogP contribution in [-0.4, -0.2) is 57.6 Å². The van der Waals surface area contributed by atoms with Crippen molar-refractivity contribution in [2.75, 3.05) is 24.6 Å². The van der Waals surface area contributed by atoms with Crippen molar-refractivity contribution in [1.82, 2.24) is 4.90 Å². The second-order valence-electron chi connectivity index (χ2n) is 6.28. The summed E-state index contributed by atoms with van der Waals surface area (Å²) in [6.07, 6.45) is 3.01. The summed E-state index contributed by atoms with van der Waals surface area (Å²) in [6, 6.07) is 4.10. The van der Waals surface area contributed by atoms with Gasteiger partial charge >= 0.3 is 0 Å². The second kappa shape index (κ2) is 6.14. The van der Waals surface area contributed by atoms with Gasteiger partial charge in [0.1, 0.15) is 5.82 Å². The first kappa shape index (κ1) is 16.9. The molecule has 2 unspecified atom stereocenters. The number of piperidine rings is 1. The lowest BCUT2D eigenvalue weighted by atomic mass is 10.1. The Morgan fingerprint density at radius 1 is 1.00 bits per heavy atom. The fraction of sp³-hybridized carbons (Fsp3) is 0.600. The molecule has 2 aliphatic heterocycles. The first-order chi connectivity index (χ1) is 10.8. The third kappa shape index (κ3) is 3.44. The smallest absolute Gasteiger partial charge is 0.183 e. The summed E-state index contributed by atoms with van der Waals surface area (Å²) in [5.74, 6) is -0.984. The molecule has 1 aromatic carbocycles. The lowest BCUT2D eigenvalue weighted by Crippen LogP contribution is -2.48. The molecular formula is C15H20FNO4S2. The predicted octanol–water partition coefficient (Wildman–Crippen LogP) is 1.25. The number of benzene rings is 1. The van der Waals surface area contributed by atoms with Crippen LogP contribution in [0.1, 0.15) is 19.3 Å². The maximum atomic E-state index is 13.0. The van der Waals surface area contributed by atoms with E-state index in [2.05, 4.69) is 0 Å². The van der Waals surface area contributed by atoms with Crippen molar-refractivity contribution < 1.29 is 21.2 Å². The number of hydrogen-bond donors (Lipinski definition) is 0. The zero-order valence-corrected chi connectivity index (χ0v) is 14.3. The standard InChI is InChI=1S/C15H20FNO4S2/c16-12-4-6-13(7-5-12)23(20,21)15-11-22(18,19)10-14(15)17-8-2-1-3-9-17/h4-7,14-15H,1-3,8-11H2. The highest BCUT2D eigenvalue weighted by molar-refractivity contribution is 7.96. The number of likely N-dealkylation sites (tertiary alicyclic amines) is 1. The highest BCUT2D eigenvalue weighted by Crippen LogP contribution is 2.30. The van der Waals surface area contributed by atoms with Crippen molar-refractivity contribution in [1.29, 1.82) is 0 Å². The fourth-order valence-corrected chi connectivity index (χ4v) is 8.31. The SMILES string of the molecule is O=S1(=O)CC(N2CCCCC2)C(S(=O)(=O)c2ccc(F)cc2)C1. The van der Waals surface area contributed by atoms with E-state index >= 15 is 0 Å². The summed E-state index contributed by atoms with van der Waals surface area (Å²) < 4.78 is 62.9. The number of rotatable bonds is 3. The van der Waals surface area contributed by atoms with Crippen LogP contribution in [0.2, 0.25) is 0 Å². The van der Waals surface area contributed by atoms with E-state index < -0.39 is 36.8 Å². The molecule has 128 valence electrons. The quantitative estimate of drug-likeness (QED) is 0.758. The van der Waals surface area contributed by atoms with Gasteiger partial charge in [-0.15, -0.1) is 0 Å². The van der Waals surface area contributed by atoms with Gasteiger partial charge in [0.05, 0.1) is 21.7 Å². The summed E-state index contributed by atoms with van der Waals surface area (Å²) in [7, 11) is -7.20. The van der Waals surface area contributed by atoms with E-state index in [0.717, 1.165) is 44.5 Å². The molecule has 0 N–H and O–H groups in total. The van der Waals surface area contributed by atoms with Gasteiger partial charge in [0.15, 0.2) is 19.7 Å². The molecule has 5 nitrogen and oxygen atoms in total. The van der Waals surface area contributed by atoms with Crippen LogP contribution >= 0.6 is 0 Å². The molecule has 2 heterocycles. The van der Waals surface area contributed by atoms with E-state index in [1.165, 1.54) is 12.1 Å². The van der Waals surface area contributed by atoms with Gasteiger partial charge in [-0.3, -0.25) is 4.90 Å². The van der Waals surface area contributed by atoms with Crippen molar-refractivity contribution in [2.45, 2.75) is 35.4 Å². The van der Waals surface area contributed by atoms with Crippen molar-refractivity contribution in [3.05, 3.63) is 30.1 Å². The molecule has 0 spiro atoms. The molecule has 0 aromatic heterocycles. The molecule has 23 heavy (non-hydrogen) atoms. The van der Waals surface area contributed by atoms with E-state index in [4.69, 9.17) is 0 Å². The molecule has 0 radical (unpaired) electrons. The summed E-state index contributed by atoms with van der Waals surface area (Å²) >= 11 is 0. The van der Waals surface area contributed by atoms with Gasteiger partial charge in [-0.2, -0.15) is 0 Å². The number of nitrogens with zero attached hydrogens (tertiary/aromatic N) is 1. The molecule has 0 aliphatic carbocycles. The minimum atomic E-state index is -3.81. The lowest BCUT2D eigenvalue weighted by molar-refractivity contribution is 0.178. The lowest BCUT2D eigenvalue weighted by Gasteiger charge is -2.34. The van der Waals surface area contributed by atoms with Crippen LogP contribution in [0.5, 0.6) is 0 Å². The Morgan fingerprint density at radius 2 is 1.61 bits per heavy atom. The molecule has 2 aliphatic rings. The van der Waals surface area contributed by atoms with Crippen LogP contribution in [0.4, 0.5) is 4.39 Å². The zero-order valence-electron chi connectivity index (χ0n) is 12.7. The predicted molar refractivity (Wildman–Crippen MR) is 85.2 cm³/mol. The topological polar surface area (TPSA) is 71.5 Å². The highest BCUT2D eigenvalue weighted by Gasteiger charge is 2.48. The Morgan fingerprint density at radius 3 is 2.22 bits per heavy atom. The van der Waals surface area contributed by atoms with Crippen molar-refractivity contribution in [3.8, 4) is 0 Å². The van der Waals surface area contributed by atoms with Gasteiger partial charge in [-0.25, -0.2) is 21.2 Å². The molecule has 0 bridgehead atoms. The molecular weight excluding hydrogens is 341 g/mol. The molecule has 8 heteroatoms. The summed E-state index contributed by atoms with van der Waals surface area (Å²) in [5, 5.41) is -0.976. The maximum Gasteiger partial charge on any atom is 0.183 e. The maximum absolute atomic E-state index is 13.0. The van der Waals surface area contributed by atoms with Gasteiger partial charge in [-0.1, -0.05) is 6.42 Å². The van der Waals surface area contributed by atoms with E-state index in [1.54, 1.807) is 0 Å². The fourth-order valence-electron chi connectivity index (χ4n) is 3.48. The number of sulfone groups is 2. The summed E-state index contributed by atoms with van der Waals surface area (Å²) in [6.45, 7) is 1.46. The number of hydrogen-bond acceptors (Lipinski definition) is 5. The molecule has 2 saturated heterocycles. The van der Waals surface area contributed by atoms with Gasteiger partial charge in [-0.05, 0) is 50.2 Å². The van der Waals surface area contributed by atoms with Gasteiger partial charge in [0.2, 0.25) is 0 Å². The minimum Gasteiger partial charge on any atom is -0.298 e. The van der Waals surface area contributed by atoms with E-state index in [9.17, 15) is 21.2 Å². The van der Waals surface area contributed by atoms with E-state index in [-0.39, 0.29) is 16.4 Å². The summed E-state index contributed by atoms with van der Waals surface area (Å²) in [4.78, 5) is 1.99. The Labute approximate surface area is 136 Å². The summed E-state index contributed by atoms with van der Waals surface area (Å²) in [5.41, 5.74) is 0. The van der Waals surface area contributed by atoms with Crippen LogP contribution in [0.25, 0.3) is 0 Å². The van der Waals surface area contributed by atoms with E-state index in [0.29, 0.717) is 0 Å². The monoisotopic (exact) mass is 361 g/mol. The minimum absolute atomic E-state index is 0.0111. The zero-order chi connectivity index (χ0) is 16.7. The Kier molecular flexibility index (Phi) is 4.50. The molecule has 2 atom stereocenters. The average Bonchev–Trinajstić information content (AvgIpc) is 2.85. The van der Waals surface area contributed by atoms with Crippen LogP contribution in [0.15, 0.2) is 29.2 Å². The highest BCUT2D eigenvalue weighted by atomic mass is 32.2. The van der Waals surface area contributed by atoms with Crippen LogP contribution in [-0.2, 0) is 19.7 Å². The Bertz CT molecular complexity index is 768. The Balaban J connectivity index is 1.95. The van der Waals surface area contributed by atoms with Crippen molar-refractivity contribution in [2.24, 2.45) is 0 Å². The van der Waals surface area contributed by atoms with Crippen LogP contribution in [0.3, 0.4) is 0 Å². The molecule has 3 rings (SSSR count). The van der Waals surface area contributed by atoms with E-state index in [1.807, 2.05) is 4.90 Å². The first-order valence-corrected chi connectivity index (χ1v) is 11.1. The number of halogens is 1. The van der Waals surface area contributed by atoms with Crippen LogP contribution < -0.4 is 0 Å². The molecule has 0 saturated carbocycles. The third-order valence-electron chi connectivity index (χ3n) is 4.67. The molecule has 1 aromatic rings. The third-order valence-corrected chi connectivity index (χ3v) is 8.81. The normalized spacial score (nSPS) is 28.7. The second-order valence-corrected chi connectivity index (χ2v) is 10.6. The molecule has 0 amide bonds. The first-order valence-electron chi connectivity index (χ1n) is 7.73. The largest absolute Gasteiger partial charge is 0.298 e. The van der Waals surface area contributed by atoms with Gasteiger partial charge < -0.3 is 0 Å². The molecule has 2 fully saturated rings. The van der Waals surface area contributed by atoms with Gasteiger partial charge in [0, 0.05) is 6.04 Å². The average molecular weight is 361 g/mol. The Hall–Kier alpha value is -0.990. The van der Waals surface area contributed by atoms with Crippen LogP contribution in [0, 0.1) is 5.82 Å². The van der Waals surface area contributed by atoms with Crippen molar-refractivity contribution in [3.63, 3.8) is 0 Å². The van der Waals surface area contributed by atoms with Gasteiger partial charge in [0.25, 0.3) is 0 Å².